The van der Waals surface area contributed by atoms with Gasteiger partial charge >= 0.3 is 6.09 Å². The van der Waals surface area contributed by atoms with Crippen LogP contribution in [0.4, 0.5) is 4.79 Å². The average Bonchev–Trinajstić information content (AvgIpc) is 3.13. The lowest BCUT2D eigenvalue weighted by Gasteiger charge is -2.37. The number of hydrogen-bond donors (Lipinski definition) is 3. The van der Waals surface area contributed by atoms with Gasteiger partial charge in [0.25, 0.3) is 11.8 Å². The molecule has 3 N–H and O–H groups in total. The number of carbonyl (C=O) groups excluding carboxylic acids is 2. The molecule has 198 valence electrons. The number of nitrogens with one attached hydrogen (secondary N) is 1. The van der Waals surface area contributed by atoms with Crippen LogP contribution >= 0.6 is 0 Å². The van der Waals surface area contributed by atoms with E-state index in [0.29, 0.717) is 37.4 Å². The summed E-state index contributed by atoms with van der Waals surface area (Å²) in [5, 5.41) is 23.4. The van der Waals surface area contributed by atoms with E-state index in [1.54, 1.807) is 24.0 Å². The number of nitrogens with zero attached hydrogens (tertiary/aromatic N) is 2. The predicted molar refractivity (Wildman–Crippen MR) is 138 cm³/mol. The largest absolute Gasteiger partial charge is 0.493 e. The summed E-state index contributed by atoms with van der Waals surface area (Å²) >= 11 is 0. The van der Waals surface area contributed by atoms with Crippen molar-refractivity contribution in [1.82, 2.24) is 15.1 Å². The summed E-state index contributed by atoms with van der Waals surface area (Å²) in [6, 6.07) is 10.2. The molecule has 2 heterocycles. The van der Waals surface area contributed by atoms with Crippen LogP contribution in [0.1, 0.15) is 65.1 Å². The lowest BCUT2D eigenvalue weighted by atomic mass is 9.91. The second kappa shape index (κ2) is 10.4. The van der Waals surface area contributed by atoms with Gasteiger partial charge in [-0.3, -0.25) is 14.5 Å². The molecule has 0 aromatic heterocycles. The minimum Gasteiger partial charge on any atom is -0.493 e. The van der Waals surface area contributed by atoms with Gasteiger partial charge in [-0.15, -0.1) is 0 Å². The number of benzene rings is 2. The van der Waals surface area contributed by atoms with Crippen LogP contribution in [0.3, 0.4) is 0 Å². The van der Waals surface area contributed by atoms with Crippen molar-refractivity contribution in [3.05, 3.63) is 64.2 Å². The molecule has 0 bridgehead atoms. The number of aliphatic hydroxyl groups is 1. The molecule has 0 spiro atoms. The van der Waals surface area contributed by atoms with E-state index in [1.807, 2.05) is 24.3 Å². The Hall–Kier alpha value is -3.59. The maximum absolute atomic E-state index is 13.2. The molecule has 9 nitrogen and oxygen atoms in total. The molecule has 37 heavy (non-hydrogen) atoms. The highest BCUT2D eigenvalue weighted by molar-refractivity contribution is 6.03. The second-order valence-corrected chi connectivity index (χ2v) is 10.9. The Bertz CT molecular complexity index is 1200. The molecule has 0 saturated carbocycles. The third-order valence-electron chi connectivity index (χ3n) is 6.74. The first-order chi connectivity index (χ1) is 17.5. The summed E-state index contributed by atoms with van der Waals surface area (Å²) in [6.07, 6.45) is -1.87. The van der Waals surface area contributed by atoms with Crippen molar-refractivity contribution in [2.24, 2.45) is 5.41 Å². The summed E-state index contributed by atoms with van der Waals surface area (Å²) < 4.78 is 5.70. The maximum atomic E-state index is 13.2. The topological polar surface area (TPSA) is 119 Å². The van der Waals surface area contributed by atoms with Gasteiger partial charge in [0.2, 0.25) is 0 Å². The van der Waals surface area contributed by atoms with Gasteiger partial charge in [0.15, 0.2) is 0 Å². The van der Waals surface area contributed by atoms with Crippen LogP contribution in [0.2, 0.25) is 0 Å². The van der Waals surface area contributed by atoms with E-state index in [9.17, 15) is 24.6 Å². The van der Waals surface area contributed by atoms with Crippen LogP contribution in [0.15, 0.2) is 36.4 Å². The summed E-state index contributed by atoms with van der Waals surface area (Å²) in [6.45, 7) is 9.36. The molecule has 1 unspecified atom stereocenters. The molecule has 3 amide bonds. The van der Waals surface area contributed by atoms with Gasteiger partial charge in [-0.2, -0.15) is 0 Å². The number of aliphatic hydroxyl groups excluding tert-OH is 1. The molecule has 2 aliphatic heterocycles. The van der Waals surface area contributed by atoms with Gasteiger partial charge in [0.1, 0.15) is 5.75 Å². The van der Waals surface area contributed by atoms with Gasteiger partial charge in [-0.25, -0.2) is 4.79 Å². The fourth-order valence-electron chi connectivity index (χ4n) is 5.08. The maximum Gasteiger partial charge on any atom is 0.407 e. The molecular weight excluding hydrogens is 474 g/mol. The Kier molecular flexibility index (Phi) is 7.45. The smallest absolute Gasteiger partial charge is 0.407 e. The lowest BCUT2D eigenvalue weighted by molar-refractivity contribution is 0.0382. The second-order valence-electron chi connectivity index (χ2n) is 10.9. The van der Waals surface area contributed by atoms with Crippen LogP contribution in [0.5, 0.6) is 5.75 Å². The summed E-state index contributed by atoms with van der Waals surface area (Å²) in [5.74, 6) is -0.234. The molecule has 2 aromatic carbocycles. The molecule has 0 saturated heterocycles. The Morgan fingerprint density at radius 1 is 1.14 bits per heavy atom. The first kappa shape index (κ1) is 26.5. The molecular formula is C28H35N3O6. The van der Waals surface area contributed by atoms with Crippen LogP contribution < -0.4 is 10.1 Å². The van der Waals surface area contributed by atoms with E-state index >= 15 is 0 Å². The third-order valence-corrected chi connectivity index (χ3v) is 6.74. The number of ether oxygens (including phenoxy) is 1. The fraction of sp³-hybridized carbons (Fsp3) is 0.464. The van der Waals surface area contributed by atoms with Crippen molar-refractivity contribution in [2.45, 2.75) is 59.4 Å². The lowest BCUT2D eigenvalue weighted by Crippen LogP contribution is -2.53. The third kappa shape index (κ3) is 5.72. The van der Waals surface area contributed by atoms with Crippen molar-refractivity contribution in [3.8, 4) is 5.75 Å². The number of carboxylic acid groups (broad SMARTS) is 1. The Balaban J connectivity index is 1.50. The number of amides is 3. The highest BCUT2D eigenvalue weighted by Gasteiger charge is 2.35. The zero-order valence-electron chi connectivity index (χ0n) is 21.8. The summed E-state index contributed by atoms with van der Waals surface area (Å²) in [4.78, 5) is 41.0. The molecule has 0 fully saturated rings. The highest BCUT2D eigenvalue weighted by atomic mass is 16.5. The first-order valence-electron chi connectivity index (χ1n) is 12.6. The van der Waals surface area contributed by atoms with Crippen molar-refractivity contribution in [3.63, 3.8) is 0 Å². The minimum atomic E-state index is -1.12. The van der Waals surface area contributed by atoms with E-state index < -0.39 is 24.1 Å². The standard InChI is InChI=1S/C28H35N3O6/c1-5-37-24-12-20-19(14-30(26(20)34)16-28(2,3)4)10-21(24)25(33)29-13-23(32)22-11-17-8-6-7-9-18(17)15-31(22)27(35)36/h6-10,12,22-23,32H,5,11,13-16H2,1-4H3,(H,29,33)(H,35,36)/t22-,23?/m0/s1. The number of carbonyl (C=O) groups is 3. The average molecular weight is 510 g/mol. The van der Waals surface area contributed by atoms with Gasteiger partial charge in [-0.1, -0.05) is 45.0 Å². The van der Waals surface area contributed by atoms with Gasteiger partial charge < -0.3 is 25.2 Å². The normalized spacial score (nSPS) is 17.8. The van der Waals surface area contributed by atoms with Crippen molar-refractivity contribution < 1.29 is 29.3 Å². The van der Waals surface area contributed by atoms with E-state index in [1.165, 1.54) is 4.90 Å². The van der Waals surface area contributed by atoms with Crippen LogP contribution in [-0.2, 0) is 19.5 Å². The van der Waals surface area contributed by atoms with Crippen LogP contribution in [-0.4, -0.2) is 69.8 Å². The molecule has 4 rings (SSSR count). The van der Waals surface area contributed by atoms with E-state index in [0.717, 1.165) is 16.7 Å². The molecule has 2 aliphatic rings. The van der Waals surface area contributed by atoms with Crippen molar-refractivity contribution >= 4 is 17.9 Å². The Morgan fingerprint density at radius 2 is 1.84 bits per heavy atom. The van der Waals surface area contributed by atoms with Crippen LogP contribution in [0, 0.1) is 5.41 Å². The van der Waals surface area contributed by atoms with Crippen molar-refractivity contribution in [2.75, 3.05) is 19.7 Å². The van der Waals surface area contributed by atoms with Crippen molar-refractivity contribution in [1.29, 1.82) is 0 Å². The number of rotatable bonds is 7. The quantitative estimate of drug-likeness (QED) is 0.527. The molecule has 0 radical (unpaired) electrons. The fourth-order valence-corrected chi connectivity index (χ4v) is 5.08. The molecule has 9 heteroatoms. The summed E-state index contributed by atoms with van der Waals surface area (Å²) in [5.41, 5.74) is 3.39. The number of fused-ring (bicyclic) bond motifs is 2. The van der Waals surface area contributed by atoms with Crippen LogP contribution in [0.25, 0.3) is 0 Å². The zero-order valence-corrected chi connectivity index (χ0v) is 21.8. The van der Waals surface area contributed by atoms with Gasteiger partial charge in [0.05, 0.1) is 24.3 Å². The predicted octanol–water partition coefficient (Wildman–Crippen LogP) is 3.28. The number of hydrogen-bond acceptors (Lipinski definition) is 5. The molecule has 2 aromatic rings. The summed E-state index contributed by atoms with van der Waals surface area (Å²) in [7, 11) is 0. The van der Waals surface area contributed by atoms with E-state index in [2.05, 4.69) is 26.1 Å². The Labute approximate surface area is 217 Å². The minimum absolute atomic E-state index is 0.0692. The monoisotopic (exact) mass is 509 g/mol. The van der Waals surface area contributed by atoms with E-state index in [-0.39, 0.29) is 30.0 Å². The van der Waals surface area contributed by atoms with Gasteiger partial charge in [-0.05, 0) is 47.6 Å². The highest BCUT2D eigenvalue weighted by Crippen LogP contribution is 2.32. The Morgan fingerprint density at radius 3 is 2.49 bits per heavy atom. The SMILES string of the molecule is CCOc1cc2c(cc1C(=O)NCC(O)[C@@H]1Cc3ccccc3CN1C(=O)O)CN(CC(C)(C)C)C2=O. The first-order valence-corrected chi connectivity index (χ1v) is 12.6. The molecule has 0 aliphatic carbocycles. The van der Waals surface area contributed by atoms with E-state index in [4.69, 9.17) is 4.74 Å². The molecule has 2 atom stereocenters. The zero-order chi connectivity index (χ0) is 26.9. The van der Waals surface area contributed by atoms with Gasteiger partial charge in [0, 0.05) is 31.7 Å².